The lowest BCUT2D eigenvalue weighted by molar-refractivity contribution is -0.120. The van der Waals surface area contributed by atoms with Crippen LogP contribution in [0, 0.1) is 5.92 Å². The molecule has 0 aromatic heterocycles. The van der Waals surface area contributed by atoms with E-state index in [1.165, 1.54) is 6.92 Å². The van der Waals surface area contributed by atoms with Crippen LogP contribution < -0.4 is 5.32 Å². The van der Waals surface area contributed by atoms with Crippen molar-refractivity contribution in [2.45, 2.75) is 52.2 Å². The number of nitrogens with zero attached hydrogens (tertiary/aromatic N) is 1. The third-order valence-corrected chi connectivity index (χ3v) is 3.32. The van der Waals surface area contributed by atoms with E-state index in [2.05, 4.69) is 5.32 Å². The number of nitrogens with one attached hydrogen (secondary N) is 1. The van der Waals surface area contributed by atoms with Gasteiger partial charge in [0.2, 0.25) is 5.91 Å². The molecule has 1 rings (SSSR count). The van der Waals surface area contributed by atoms with Crippen molar-refractivity contribution in [1.82, 2.24) is 10.2 Å². The molecule has 0 saturated carbocycles. The predicted octanol–water partition coefficient (Wildman–Crippen LogP) is 1.13. The van der Waals surface area contributed by atoms with E-state index in [1.54, 1.807) is 4.90 Å². The Morgan fingerprint density at radius 3 is 2.40 bits per heavy atom. The molecule has 0 aromatic rings. The first-order valence-electron chi connectivity index (χ1n) is 7.09. The van der Waals surface area contributed by atoms with Crippen LogP contribution in [0.25, 0.3) is 0 Å². The lowest BCUT2D eigenvalue weighted by atomic mass is 9.96. The normalized spacial score (nSPS) is 23.9. The van der Waals surface area contributed by atoms with Gasteiger partial charge < -0.3 is 20.1 Å². The summed E-state index contributed by atoms with van der Waals surface area (Å²) in [5.41, 5.74) is -0.517. The number of hydrogen-bond acceptors (Lipinski definition) is 4. The first kappa shape index (κ1) is 16.8. The van der Waals surface area contributed by atoms with E-state index in [0.717, 1.165) is 0 Å². The molecule has 2 amide bonds. The Morgan fingerprint density at radius 2 is 1.90 bits per heavy atom. The molecule has 0 aromatic carbocycles. The standard InChI is InChI=1S/C14H26N2O4/c1-10(18)15-12-6-8-16(7-5-11(12)9-17)13(19)20-14(2,3)4/h11-12,17H,5-9H2,1-4H3,(H,15,18). The van der Waals surface area contributed by atoms with Gasteiger partial charge in [0.05, 0.1) is 0 Å². The van der Waals surface area contributed by atoms with E-state index in [4.69, 9.17) is 4.74 Å². The summed E-state index contributed by atoms with van der Waals surface area (Å²) in [5, 5.41) is 12.3. The number of likely N-dealkylation sites (tertiary alicyclic amines) is 1. The van der Waals surface area contributed by atoms with Gasteiger partial charge in [0.25, 0.3) is 0 Å². The molecule has 1 aliphatic rings. The van der Waals surface area contributed by atoms with Crippen LogP contribution in [0.4, 0.5) is 4.79 Å². The highest BCUT2D eigenvalue weighted by atomic mass is 16.6. The molecule has 20 heavy (non-hydrogen) atoms. The Kier molecular flexibility index (Phi) is 5.80. The number of rotatable bonds is 2. The van der Waals surface area contributed by atoms with Crippen LogP contribution in [0.15, 0.2) is 0 Å². The summed E-state index contributed by atoms with van der Waals surface area (Å²) in [5.74, 6) is -0.134. The fourth-order valence-electron chi connectivity index (χ4n) is 2.34. The Hall–Kier alpha value is -1.30. The average Bonchev–Trinajstić information content (AvgIpc) is 2.48. The van der Waals surface area contributed by atoms with Crippen molar-refractivity contribution in [1.29, 1.82) is 0 Å². The molecule has 0 aliphatic carbocycles. The van der Waals surface area contributed by atoms with Crippen molar-refractivity contribution in [2.75, 3.05) is 19.7 Å². The highest BCUT2D eigenvalue weighted by molar-refractivity contribution is 5.73. The second kappa shape index (κ2) is 6.92. The number of carbonyl (C=O) groups is 2. The number of ether oxygens (including phenoxy) is 1. The molecule has 6 heteroatoms. The summed E-state index contributed by atoms with van der Waals surface area (Å²) in [6, 6.07) is -0.0927. The molecule has 0 radical (unpaired) electrons. The Labute approximate surface area is 120 Å². The fraction of sp³-hybridized carbons (Fsp3) is 0.857. The summed E-state index contributed by atoms with van der Waals surface area (Å²) in [6.07, 6.45) is 0.947. The van der Waals surface area contributed by atoms with Crippen molar-refractivity contribution < 1.29 is 19.4 Å². The second-order valence-corrected chi connectivity index (χ2v) is 6.29. The van der Waals surface area contributed by atoms with Crippen molar-refractivity contribution >= 4 is 12.0 Å². The predicted molar refractivity (Wildman–Crippen MR) is 75.2 cm³/mol. The van der Waals surface area contributed by atoms with Crippen molar-refractivity contribution in [2.24, 2.45) is 5.92 Å². The molecule has 2 atom stereocenters. The zero-order valence-corrected chi connectivity index (χ0v) is 12.8. The van der Waals surface area contributed by atoms with Crippen molar-refractivity contribution in [3.63, 3.8) is 0 Å². The molecule has 2 unspecified atom stereocenters. The van der Waals surface area contributed by atoms with E-state index in [1.807, 2.05) is 20.8 Å². The van der Waals surface area contributed by atoms with E-state index in [9.17, 15) is 14.7 Å². The Balaban J connectivity index is 2.64. The summed E-state index contributed by atoms with van der Waals surface area (Å²) < 4.78 is 5.36. The minimum Gasteiger partial charge on any atom is -0.444 e. The summed E-state index contributed by atoms with van der Waals surface area (Å²) in [6.45, 7) is 8.03. The van der Waals surface area contributed by atoms with E-state index < -0.39 is 5.60 Å². The lowest BCUT2D eigenvalue weighted by Crippen LogP contribution is -2.41. The van der Waals surface area contributed by atoms with Crippen LogP contribution in [-0.4, -0.2) is 53.3 Å². The monoisotopic (exact) mass is 286 g/mol. The largest absolute Gasteiger partial charge is 0.444 e. The molecule has 116 valence electrons. The fourth-order valence-corrected chi connectivity index (χ4v) is 2.34. The number of hydrogen-bond donors (Lipinski definition) is 2. The zero-order chi connectivity index (χ0) is 15.3. The van der Waals surface area contributed by atoms with Gasteiger partial charge in [0, 0.05) is 38.6 Å². The maximum Gasteiger partial charge on any atom is 0.410 e. The van der Waals surface area contributed by atoms with Crippen LogP contribution in [0.1, 0.15) is 40.5 Å². The first-order chi connectivity index (χ1) is 9.23. The van der Waals surface area contributed by atoms with Crippen LogP contribution >= 0.6 is 0 Å². The van der Waals surface area contributed by atoms with E-state index in [-0.39, 0.29) is 30.6 Å². The van der Waals surface area contributed by atoms with Gasteiger partial charge in [0.15, 0.2) is 0 Å². The van der Waals surface area contributed by atoms with E-state index in [0.29, 0.717) is 25.9 Å². The molecule has 6 nitrogen and oxygen atoms in total. The molecule has 1 heterocycles. The number of aliphatic hydroxyl groups is 1. The summed E-state index contributed by atoms with van der Waals surface area (Å²) >= 11 is 0. The average molecular weight is 286 g/mol. The van der Waals surface area contributed by atoms with Gasteiger partial charge in [0.1, 0.15) is 5.60 Å². The number of aliphatic hydroxyl groups excluding tert-OH is 1. The lowest BCUT2D eigenvalue weighted by Gasteiger charge is -2.26. The summed E-state index contributed by atoms with van der Waals surface area (Å²) in [7, 11) is 0. The van der Waals surface area contributed by atoms with Gasteiger partial charge in [-0.05, 0) is 33.6 Å². The molecule has 1 aliphatic heterocycles. The smallest absolute Gasteiger partial charge is 0.410 e. The highest BCUT2D eigenvalue weighted by Crippen LogP contribution is 2.20. The van der Waals surface area contributed by atoms with Gasteiger partial charge in [-0.15, -0.1) is 0 Å². The van der Waals surface area contributed by atoms with E-state index >= 15 is 0 Å². The third-order valence-electron chi connectivity index (χ3n) is 3.32. The second-order valence-electron chi connectivity index (χ2n) is 6.29. The van der Waals surface area contributed by atoms with Gasteiger partial charge in [-0.1, -0.05) is 0 Å². The minimum atomic E-state index is -0.517. The molecular formula is C14H26N2O4. The first-order valence-corrected chi connectivity index (χ1v) is 7.09. The molecule has 2 N–H and O–H groups in total. The SMILES string of the molecule is CC(=O)NC1CCN(C(=O)OC(C)(C)C)CCC1CO. The Morgan fingerprint density at radius 1 is 1.30 bits per heavy atom. The number of carbonyl (C=O) groups excluding carboxylic acids is 2. The quantitative estimate of drug-likeness (QED) is 0.797. The van der Waals surface area contributed by atoms with Crippen molar-refractivity contribution in [3.05, 3.63) is 0 Å². The Bertz CT molecular complexity index is 352. The minimum absolute atomic E-state index is 0.00705. The van der Waals surface area contributed by atoms with Crippen LogP contribution in [0.5, 0.6) is 0 Å². The third kappa shape index (κ3) is 5.36. The highest BCUT2D eigenvalue weighted by Gasteiger charge is 2.30. The zero-order valence-electron chi connectivity index (χ0n) is 12.8. The molecular weight excluding hydrogens is 260 g/mol. The van der Waals surface area contributed by atoms with Crippen LogP contribution in [0.3, 0.4) is 0 Å². The molecule has 1 fully saturated rings. The van der Waals surface area contributed by atoms with Gasteiger partial charge >= 0.3 is 6.09 Å². The van der Waals surface area contributed by atoms with Gasteiger partial charge in [-0.3, -0.25) is 4.79 Å². The van der Waals surface area contributed by atoms with Crippen molar-refractivity contribution in [3.8, 4) is 0 Å². The van der Waals surface area contributed by atoms with Crippen LogP contribution in [0.2, 0.25) is 0 Å². The van der Waals surface area contributed by atoms with Gasteiger partial charge in [-0.2, -0.15) is 0 Å². The molecule has 1 saturated heterocycles. The maximum atomic E-state index is 12.0. The van der Waals surface area contributed by atoms with Crippen LogP contribution in [-0.2, 0) is 9.53 Å². The number of amides is 2. The maximum absolute atomic E-state index is 12.0. The molecule has 0 spiro atoms. The topological polar surface area (TPSA) is 78.9 Å². The molecule has 0 bridgehead atoms. The van der Waals surface area contributed by atoms with Gasteiger partial charge in [-0.25, -0.2) is 4.79 Å². The summed E-state index contributed by atoms with van der Waals surface area (Å²) in [4.78, 5) is 24.9.